The Morgan fingerprint density at radius 2 is 1.00 bits per heavy atom. The molecular formula is C28H52O6. The van der Waals surface area contributed by atoms with Gasteiger partial charge in [-0.3, -0.25) is 14.4 Å². The van der Waals surface area contributed by atoms with Crippen LogP contribution in [-0.2, 0) is 28.6 Å². The van der Waals surface area contributed by atoms with E-state index in [1.165, 1.54) is 38.5 Å². The molecule has 0 aliphatic heterocycles. The van der Waals surface area contributed by atoms with Gasteiger partial charge in [-0.05, 0) is 40.0 Å². The first-order valence-electron chi connectivity index (χ1n) is 13.7. The third-order valence-electron chi connectivity index (χ3n) is 5.61. The molecule has 0 radical (unpaired) electrons. The second kappa shape index (κ2) is 20.8. The van der Waals surface area contributed by atoms with E-state index in [0.29, 0.717) is 19.3 Å². The standard InChI is InChI=1S/C28H52O6/c1-6-8-10-12-14-16-18-25(29)32-22-24(20-21-27(31)34-28(3,4)5)23-33-26(30)19-17-15-13-11-9-7-2/h24H,6-23H2,1-5H3. The SMILES string of the molecule is CCCCCCCCC(=O)OCC(CCC(=O)OC(C)(C)C)COC(=O)CCCCCCCC. The quantitative estimate of drug-likeness (QED) is 0.0965. The minimum atomic E-state index is -0.542. The van der Waals surface area contributed by atoms with E-state index >= 15 is 0 Å². The maximum Gasteiger partial charge on any atom is 0.306 e. The predicted molar refractivity (Wildman–Crippen MR) is 136 cm³/mol. The molecule has 0 spiro atoms. The summed E-state index contributed by atoms with van der Waals surface area (Å²) in [5.74, 6) is -0.962. The lowest BCUT2D eigenvalue weighted by Crippen LogP contribution is -2.26. The lowest BCUT2D eigenvalue weighted by molar-refractivity contribution is -0.155. The fraction of sp³-hybridized carbons (Fsp3) is 0.893. The Bertz CT molecular complexity index is 506. The van der Waals surface area contributed by atoms with E-state index in [9.17, 15) is 14.4 Å². The number of hydrogen-bond acceptors (Lipinski definition) is 6. The zero-order valence-electron chi connectivity index (χ0n) is 22.8. The maximum absolute atomic E-state index is 12.1. The summed E-state index contributed by atoms with van der Waals surface area (Å²) in [4.78, 5) is 36.4. The molecule has 34 heavy (non-hydrogen) atoms. The van der Waals surface area contributed by atoms with E-state index < -0.39 is 5.60 Å². The van der Waals surface area contributed by atoms with Crippen LogP contribution in [0.4, 0.5) is 0 Å². The second-order valence-corrected chi connectivity index (χ2v) is 10.4. The highest BCUT2D eigenvalue weighted by Gasteiger charge is 2.20. The van der Waals surface area contributed by atoms with Gasteiger partial charge in [0.05, 0.1) is 13.2 Å². The van der Waals surface area contributed by atoms with Crippen LogP contribution in [0.3, 0.4) is 0 Å². The monoisotopic (exact) mass is 484 g/mol. The van der Waals surface area contributed by atoms with Crippen LogP contribution in [-0.4, -0.2) is 36.7 Å². The van der Waals surface area contributed by atoms with Crippen LogP contribution in [0.1, 0.15) is 137 Å². The van der Waals surface area contributed by atoms with Crippen molar-refractivity contribution in [2.24, 2.45) is 5.92 Å². The van der Waals surface area contributed by atoms with E-state index in [4.69, 9.17) is 14.2 Å². The zero-order valence-corrected chi connectivity index (χ0v) is 22.8. The van der Waals surface area contributed by atoms with Crippen molar-refractivity contribution in [1.29, 1.82) is 0 Å². The Hall–Kier alpha value is -1.59. The van der Waals surface area contributed by atoms with Gasteiger partial charge < -0.3 is 14.2 Å². The molecule has 0 aromatic heterocycles. The third kappa shape index (κ3) is 22.2. The minimum absolute atomic E-state index is 0.155. The molecule has 0 aromatic carbocycles. The molecule has 0 aliphatic rings. The molecular weight excluding hydrogens is 432 g/mol. The lowest BCUT2D eigenvalue weighted by Gasteiger charge is -2.21. The summed E-state index contributed by atoms with van der Waals surface area (Å²) in [6.07, 6.45) is 14.8. The Kier molecular flexibility index (Phi) is 19.8. The Morgan fingerprint density at radius 3 is 1.41 bits per heavy atom. The molecule has 0 rings (SSSR count). The van der Waals surface area contributed by atoms with Crippen LogP contribution >= 0.6 is 0 Å². The average Bonchev–Trinajstić information content (AvgIpc) is 2.76. The minimum Gasteiger partial charge on any atom is -0.465 e. The molecule has 0 amide bonds. The van der Waals surface area contributed by atoms with E-state index in [-0.39, 0.29) is 43.5 Å². The van der Waals surface area contributed by atoms with Gasteiger partial charge in [0.2, 0.25) is 0 Å². The molecule has 0 aliphatic carbocycles. The van der Waals surface area contributed by atoms with Crippen LogP contribution in [0.15, 0.2) is 0 Å². The van der Waals surface area contributed by atoms with Crippen LogP contribution < -0.4 is 0 Å². The summed E-state index contributed by atoms with van der Waals surface area (Å²) in [5.41, 5.74) is -0.542. The van der Waals surface area contributed by atoms with Gasteiger partial charge in [-0.15, -0.1) is 0 Å². The normalized spacial score (nSPS) is 11.5. The molecule has 0 bridgehead atoms. The van der Waals surface area contributed by atoms with Crippen molar-refractivity contribution in [3.8, 4) is 0 Å². The van der Waals surface area contributed by atoms with Gasteiger partial charge in [-0.25, -0.2) is 0 Å². The number of hydrogen-bond donors (Lipinski definition) is 0. The Balaban J connectivity index is 4.39. The highest BCUT2D eigenvalue weighted by atomic mass is 16.6. The van der Waals surface area contributed by atoms with Gasteiger partial charge in [-0.1, -0.05) is 78.1 Å². The predicted octanol–water partition coefficient (Wildman–Crippen LogP) is 7.31. The molecule has 0 saturated carbocycles. The largest absolute Gasteiger partial charge is 0.465 e. The molecule has 0 atom stereocenters. The van der Waals surface area contributed by atoms with Crippen molar-refractivity contribution in [3.63, 3.8) is 0 Å². The van der Waals surface area contributed by atoms with Gasteiger partial charge >= 0.3 is 17.9 Å². The molecule has 0 fully saturated rings. The van der Waals surface area contributed by atoms with E-state index in [0.717, 1.165) is 38.5 Å². The van der Waals surface area contributed by atoms with E-state index in [1.807, 2.05) is 20.8 Å². The van der Waals surface area contributed by atoms with E-state index in [1.54, 1.807) is 0 Å². The number of carbonyl (C=O) groups is 3. The van der Waals surface area contributed by atoms with Crippen LogP contribution in [0.2, 0.25) is 0 Å². The molecule has 0 aromatic rings. The summed E-state index contributed by atoms with van der Waals surface area (Å²) in [6, 6.07) is 0. The second-order valence-electron chi connectivity index (χ2n) is 10.4. The summed E-state index contributed by atoms with van der Waals surface area (Å²) in [5, 5.41) is 0. The molecule has 0 saturated heterocycles. The first-order chi connectivity index (χ1) is 16.2. The third-order valence-corrected chi connectivity index (χ3v) is 5.61. The number of rotatable bonds is 21. The molecule has 6 nitrogen and oxygen atoms in total. The van der Waals surface area contributed by atoms with Gasteiger partial charge in [0.25, 0.3) is 0 Å². The molecule has 0 unspecified atom stereocenters. The van der Waals surface area contributed by atoms with E-state index in [2.05, 4.69) is 13.8 Å². The fourth-order valence-electron chi connectivity index (χ4n) is 3.59. The number of carbonyl (C=O) groups excluding carboxylic acids is 3. The van der Waals surface area contributed by atoms with Crippen molar-refractivity contribution in [2.45, 2.75) is 143 Å². The summed E-state index contributed by atoms with van der Waals surface area (Å²) in [7, 11) is 0. The first-order valence-corrected chi connectivity index (χ1v) is 13.7. The summed E-state index contributed by atoms with van der Waals surface area (Å²) in [6.45, 7) is 10.2. The van der Waals surface area contributed by atoms with Gasteiger partial charge in [-0.2, -0.15) is 0 Å². The maximum atomic E-state index is 12.1. The topological polar surface area (TPSA) is 78.9 Å². The van der Waals surface area contributed by atoms with Gasteiger partial charge in [0.1, 0.15) is 5.60 Å². The van der Waals surface area contributed by atoms with Crippen LogP contribution in [0, 0.1) is 5.92 Å². The fourth-order valence-corrected chi connectivity index (χ4v) is 3.59. The van der Waals surface area contributed by atoms with Crippen molar-refractivity contribution in [1.82, 2.24) is 0 Å². The zero-order chi connectivity index (χ0) is 25.7. The van der Waals surface area contributed by atoms with Crippen molar-refractivity contribution < 1.29 is 28.6 Å². The van der Waals surface area contributed by atoms with Crippen LogP contribution in [0.5, 0.6) is 0 Å². The number of esters is 3. The molecule has 0 N–H and O–H groups in total. The summed E-state index contributed by atoms with van der Waals surface area (Å²) >= 11 is 0. The van der Waals surface area contributed by atoms with Crippen molar-refractivity contribution >= 4 is 17.9 Å². The molecule has 6 heteroatoms. The lowest BCUT2D eigenvalue weighted by atomic mass is 10.0. The van der Waals surface area contributed by atoms with Gasteiger partial charge in [0.15, 0.2) is 0 Å². The Labute approximate surface area is 208 Å². The smallest absolute Gasteiger partial charge is 0.306 e. The highest BCUT2D eigenvalue weighted by molar-refractivity contribution is 5.70. The summed E-state index contributed by atoms with van der Waals surface area (Å²) < 4.78 is 16.3. The van der Waals surface area contributed by atoms with Crippen LogP contribution in [0.25, 0.3) is 0 Å². The molecule has 200 valence electrons. The average molecular weight is 485 g/mol. The highest BCUT2D eigenvalue weighted by Crippen LogP contribution is 2.15. The van der Waals surface area contributed by atoms with Crippen molar-refractivity contribution in [2.75, 3.05) is 13.2 Å². The molecule has 0 heterocycles. The first kappa shape index (κ1) is 32.4. The van der Waals surface area contributed by atoms with Crippen molar-refractivity contribution in [3.05, 3.63) is 0 Å². The number of unbranched alkanes of at least 4 members (excludes halogenated alkanes) is 10. The Morgan fingerprint density at radius 1 is 0.588 bits per heavy atom. The number of ether oxygens (including phenoxy) is 3. The van der Waals surface area contributed by atoms with Gasteiger partial charge in [0, 0.05) is 25.2 Å².